The minimum absolute atomic E-state index is 0. The van der Waals surface area contributed by atoms with Crippen molar-refractivity contribution < 1.29 is 37.5 Å². The van der Waals surface area contributed by atoms with Crippen LogP contribution in [0.3, 0.4) is 0 Å². The van der Waals surface area contributed by atoms with E-state index in [1.807, 2.05) is 69.3 Å². The molecule has 0 bridgehead atoms. The molecule has 0 fully saturated rings. The summed E-state index contributed by atoms with van der Waals surface area (Å²) in [6, 6.07) is 18.6. The van der Waals surface area contributed by atoms with Gasteiger partial charge in [0, 0.05) is 50.5 Å². The number of benzene rings is 2. The van der Waals surface area contributed by atoms with Crippen molar-refractivity contribution in [3.63, 3.8) is 0 Å². The van der Waals surface area contributed by atoms with Crippen LogP contribution in [-0.4, -0.2) is 15.8 Å². The van der Waals surface area contributed by atoms with Crippen LogP contribution in [0.25, 0.3) is 0 Å². The SMILES string of the molecule is CCC(=O)c1ccc(Cc2n[c-]c(C)cn2)cc1.Cc1[c-]cccc1.[Y]. The van der Waals surface area contributed by atoms with Gasteiger partial charge in [-0.3, -0.25) is 4.79 Å². The van der Waals surface area contributed by atoms with E-state index in [1.165, 1.54) is 5.56 Å². The number of carbonyl (C=O) groups is 1. The van der Waals surface area contributed by atoms with E-state index >= 15 is 0 Å². The zero-order valence-electron chi connectivity index (χ0n) is 15.5. The van der Waals surface area contributed by atoms with Crippen molar-refractivity contribution in [1.82, 2.24) is 9.97 Å². The van der Waals surface area contributed by atoms with Gasteiger partial charge in [-0.2, -0.15) is 35.9 Å². The Labute approximate surface area is 181 Å². The van der Waals surface area contributed by atoms with Crippen LogP contribution in [0.15, 0.2) is 54.7 Å². The van der Waals surface area contributed by atoms with Gasteiger partial charge >= 0.3 is 0 Å². The standard InChI is InChI=1S/C15H15N2O.C7H7.Y/c1-3-14(18)13-6-4-12(5-7-13)8-15-16-9-11(2)10-17-15;1-7-5-3-2-4-6-7;/h4-7,9H,3,8H2,1-2H3;2-5H,1H3;/q2*-1;. The van der Waals surface area contributed by atoms with E-state index < -0.39 is 0 Å². The molecule has 3 nitrogen and oxygen atoms in total. The largest absolute Gasteiger partial charge is 0.373 e. The second-order valence-corrected chi connectivity index (χ2v) is 5.78. The van der Waals surface area contributed by atoms with E-state index in [0.717, 1.165) is 22.5 Å². The third-order valence-electron chi connectivity index (χ3n) is 3.59. The molecule has 0 saturated heterocycles. The number of aryl methyl sites for hydroxylation is 2. The molecule has 0 aliphatic heterocycles. The molecule has 0 aliphatic carbocycles. The normalized spacial score (nSPS) is 9.50. The summed E-state index contributed by atoms with van der Waals surface area (Å²) in [5.41, 5.74) is 3.99. The Kier molecular flexibility index (Phi) is 10.2. The predicted octanol–water partition coefficient (Wildman–Crippen LogP) is 4.56. The van der Waals surface area contributed by atoms with Crippen LogP contribution in [-0.2, 0) is 39.1 Å². The topological polar surface area (TPSA) is 42.9 Å². The quantitative estimate of drug-likeness (QED) is 0.460. The number of nitrogens with zero attached hydrogens (tertiary/aromatic N) is 2. The molecule has 3 rings (SSSR count). The Morgan fingerprint density at radius 1 is 1.04 bits per heavy atom. The molecule has 4 heteroatoms. The van der Waals surface area contributed by atoms with Crippen LogP contribution >= 0.6 is 0 Å². The number of Topliss-reactive ketones (excluding diaryl/α,β-unsaturated/α-hetero) is 1. The number of carbonyl (C=O) groups excluding carboxylic acids is 1. The Balaban J connectivity index is 0.000000357. The molecule has 131 valence electrons. The number of aromatic nitrogens is 2. The summed E-state index contributed by atoms with van der Waals surface area (Å²) in [4.78, 5) is 19.9. The van der Waals surface area contributed by atoms with Crippen LogP contribution in [0.2, 0.25) is 0 Å². The number of hydrogen-bond acceptors (Lipinski definition) is 3. The number of hydrogen-bond donors (Lipinski definition) is 0. The summed E-state index contributed by atoms with van der Waals surface area (Å²) in [6.45, 7) is 5.81. The van der Waals surface area contributed by atoms with E-state index in [4.69, 9.17) is 0 Å². The van der Waals surface area contributed by atoms with Gasteiger partial charge in [0.1, 0.15) is 0 Å². The van der Waals surface area contributed by atoms with Gasteiger partial charge in [0.15, 0.2) is 5.78 Å². The third kappa shape index (κ3) is 7.67. The first-order valence-electron chi connectivity index (χ1n) is 8.34. The molecule has 0 aliphatic rings. The van der Waals surface area contributed by atoms with Crippen molar-refractivity contribution in [3.8, 4) is 0 Å². The van der Waals surface area contributed by atoms with E-state index in [2.05, 4.69) is 22.2 Å². The Hall–Kier alpha value is -1.71. The summed E-state index contributed by atoms with van der Waals surface area (Å²) >= 11 is 0. The molecule has 1 aromatic heterocycles. The molecule has 2 aromatic carbocycles. The van der Waals surface area contributed by atoms with Gasteiger partial charge in [0.25, 0.3) is 0 Å². The Morgan fingerprint density at radius 2 is 1.77 bits per heavy atom. The van der Waals surface area contributed by atoms with E-state index in [-0.39, 0.29) is 38.5 Å². The molecule has 0 saturated carbocycles. The van der Waals surface area contributed by atoms with E-state index in [1.54, 1.807) is 6.20 Å². The zero-order valence-corrected chi connectivity index (χ0v) is 18.3. The third-order valence-corrected chi connectivity index (χ3v) is 3.59. The molecular weight excluding hydrogens is 397 g/mol. The second-order valence-electron chi connectivity index (χ2n) is 5.78. The van der Waals surface area contributed by atoms with Crippen molar-refractivity contribution in [1.29, 1.82) is 0 Å². The van der Waals surface area contributed by atoms with Crippen LogP contribution in [0.4, 0.5) is 0 Å². The van der Waals surface area contributed by atoms with Crippen molar-refractivity contribution in [2.45, 2.75) is 33.6 Å². The van der Waals surface area contributed by atoms with Crippen molar-refractivity contribution >= 4 is 5.78 Å². The van der Waals surface area contributed by atoms with Crippen LogP contribution in [0.5, 0.6) is 0 Å². The molecule has 1 radical (unpaired) electrons. The number of ketones is 1. The molecule has 26 heavy (non-hydrogen) atoms. The summed E-state index contributed by atoms with van der Waals surface area (Å²) < 4.78 is 0. The van der Waals surface area contributed by atoms with Gasteiger partial charge in [0.2, 0.25) is 0 Å². The van der Waals surface area contributed by atoms with Gasteiger partial charge in [-0.1, -0.05) is 63.0 Å². The fourth-order valence-corrected chi connectivity index (χ4v) is 2.15. The van der Waals surface area contributed by atoms with Gasteiger partial charge in [-0.25, -0.2) is 0 Å². The smallest absolute Gasteiger partial charge is 0.162 e. The minimum atomic E-state index is 0. The maximum absolute atomic E-state index is 11.5. The monoisotopic (exact) mass is 419 g/mol. The first kappa shape index (κ1) is 22.3. The molecule has 0 spiro atoms. The maximum Gasteiger partial charge on any atom is 0.162 e. The summed E-state index contributed by atoms with van der Waals surface area (Å²) in [5, 5.41) is 0. The van der Waals surface area contributed by atoms with Gasteiger partial charge < -0.3 is 9.97 Å². The average Bonchev–Trinajstić information content (AvgIpc) is 2.65. The summed E-state index contributed by atoms with van der Waals surface area (Å²) in [5.74, 6) is 0.914. The van der Waals surface area contributed by atoms with Gasteiger partial charge in [0.05, 0.1) is 0 Å². The van der Waals surface area contributed by atoms with Gasteiger partial charge in [-0.05, 0) is 6.42 Å². The van der Waals surface area contributed by atoms with E-state index in [0.29, 0.717) is 12.8 Å². The zero-order chi connectivity index (χ0) is 18.1. The molecule has 0 N–H and O–H groups in total. The fraction of sp³-hybridized carbons (Fsp3) is 0.227. The molecule has 0 unspecified atom stereocenters. The molecule has 0 amide bonds. The predicted molar refractivity (Wildman–Crippen MR) is 99.5 cm³/mol. The second kappa shape index (κ2) is 11.8. The first-order chi connectivity index (χ1) is 12.1. The van der Waals surface area contributed by atoms with Crippen molar-refractivity contribution in [3.05, 3.63) is 95.1 Å². The summed E-state index contributed by atoms with van der Waals surface area (Å²) in [7, 11) is 0. The van der Waals surface area contributed by atoms with Crippen LogP contribution in [0.1, 0.15) is 46.2 Å². The van der Waals surface area contributed by atoms with Crippen LogP contribution in [0, 0.1) is 26.1 Å². The Bertz CT molecular complexity index is 785. The first-order valence-corrected chi connectivity index (χ1v) is 8.34. The minimum Gasteiger partial charge on any atom is -0.373 e. The maximum atomic E-state index is 11.5. The Morgan fingerprint density at radius 3 is 2.23 bits per heavy atom. The van der Waals surface area contributed by atoms with Crippen LogP contribution < -0.4 is 0 Å². The van der Waals surface area contributed by atoms with Crippen molar-refractivity contribution in [2.24, 2.45) is 0 Å². The average molecular weight is 419 g/mol. The molecule has 1 heterocycles. The molecular formula is C22H22N2OY-2. The fourth-order valence-electron chi connectivity index (χ4n) is 2.15. The van der Waals surface area contributed by atoms with Crippen molar-refractivity contribution in [2.75, 3.05) is 0 Å². The number of rotatable bonds is 4. The molecule has 3 aromatic rings. The summed E-state index contributed by atoms with van der Waals surface area (Å²) in [6.07, 6.45) is 5.85. The molecule has 0 atom stereocenters. The van der Waals surface area contributed by atoms with E-state index in [9.17, 15) is 4.79 Å². The van der Waals surface area contributed by atoms with Gasteiger partial charge in [-0.15, -0.1) is 5.56 Å².